The first-order valence-electron chi connectivity index (χ1n) is 4.57. The molecule has 1 aliphatic carbocycles. The maximum absolute atomic E-state index is 6.01. The van der Waals surface area contributed by atoms with Crippen molar-refractivity contribution in [1.29, 1.82) is 0 Å². The van der Waals surface area contributed by atoms with Crippen LogP contribution in [0.4, 0.5) is 0 Å². The molecule has 2 rings (SSSR count). The quantitative estimate of drug-likeness (QED) is 0.837. The molecule has 0 radical (unpaired) electrons. The third-order valence-electron chi connectivity index (χ3n) is 2.48. The highest BCUT2D eigenvalue weighted by atomic mass is 35.5. The van der Waals surface area contributed by atoms with Crippen LogP contribution in [0.5, 0.6) is 5.88 Å². The van der Waals surface area contributed by atoms with E-state index < -0.39 is 0 Å². The standard InChI is InChI=1S/C10H14N2O.ClH/c1-13-9-5-4-8(6-12-9)10(11)7-2-3-7;/h4-7,10H,2-3,11H2,1H3;1H/t10-;/m0./s1. The first kappa shape index (κ1) is 11.3. The van der Waals surface area contributed by atoms with Crippen molar-refractivity contribution in [3.05, 3.63) is 23.9 Å². The third-order valence-corrected chi connectivity index (χ3v) is 2.48. The van der Waals surface area contributed by atoms with Gasteiger partial charge >= 0.3 is 0 Å². The number of nitrogens with two attached hydrogens (primary N) is 1. The van der Waals surface area contributed by atoms with Gasteiger partial charge in [-0.25, -0.2) is 4.98 Å². The fourth-order valence-corrected chi connectivity index (χ4v) is 1.44. The highest BCUT2D eigenvalue weighted by Gasteiger charge is 2.29. The largest absolute Gasteiger partial charge is 0.481 e. The van der Waals surface area contributed by atoms with Gasteiger partial charge in [-0.2, -0.15) is 0 Å². The van der Waals surface area contributed by atoms with Crippen molar-refractivity contribution in [3.8, 4) is 5.88 Å². The molecule has 1 atom stereocenters. The average molecular weight is 215 g/mol. The van der Waals surface area contributed by atoms with Gasteiger partial charge < -0.3 is 10.5 Å². The van der Waals surface area contributed by atoms with Gasteiger partial charge in [-0.05, 0) is 24.3 Å². The van der Waals surface area contributed by atoms with Crippen molar-refractivity contribution in [2.24, 2.45) is 11.7 Å². The van der Waals surface area contributed by atoms with E-state index in [9.17, 15) is 0 Å². The molecule has 0 spiro atoms. The van der Waals surface area contributed by atoms with E-state index in [4.69, 9.17) is 10.5 Å². The van der Waals surface area contributed by atoms with Crippen molar-refractivity contribution in [3.63, 3.8) is 0 Å². The summed E-state index contributed by atoms with van der Waals surface area (Å²) in [6.07, 6.45) is 4.32. The van der Waals surface area contributed by atoms with E-state index in [1.165, 1.54) is 12.8 Å². The van der Waals surface area contributed by atoms with E-state index in [0.717, 1.165) is 5.56 Å². The normalized spacial score (nSPS) is 17.0. The van der Waals surface area contributed by atoms with Gasteiger partial charge in [0, 0.05) is 18.3 Å². The number of pyridine rings is 1. The molecule has 0 amide bonds. The molecule has 4 heteroatoms. The smallest absolute Gasteiger partial charge is 0.212 e. The van der Waals surface area contributed by atoms with Crippen LogP contribution in [0.1, 0.15) is 24.4 Å². The molecule has 1 aromatic heterocycles. The maximum atomic E-state index is 6.01. The molecule has 14 heavy (non-hydrogen) atoms. The highest BCUT2D eigenvalue weighted by Crippen LogP contribution is 2.39. The van der Waals surface area contributed by atoms with Crippen LogP contribution in [0.15, 0.2) is 18.3 Å². The zero-order valence-corrected chi connectivity index (χ0v) is 8.96. The molecule has 78 valence electrons. The summed E-state index contributed by atoms with van der Waals surface area (Å²) < 4.78 is 4.97. The van der Waals surface area contributed by atoms with Gasteiger partial charge in [0.25, 0.3) is 0 Å². The molecule has 1 aliphatic rings. The summed E-state index contributed by atoms with van der Waals surface area (Å²) in [4.78, 5) is 4.13. The van der Waals surface area contributed by atoms with Crippen molar-refractivity contribution in [2.45, 2.75) is 18.9 Å². The van der Waals surface area contributed by atoms with Gasteiger partial charge in [0.2, 0.25) is 5.88 Å². The molecule has 1 fully saturated rings. The summed E-state index contributed by atoms with van der Waals surface area (Å²) in [6.45, 7) is 0. The molecule has 0 unspecified atom stereocenters. The summed E-state index contributed by atoms with van der Waals surface area (Å²) >= 11 is 0. The molecular formula is C10H15ClN2O. The molecule has 2 N–H and O–H groups in total. The molecule has 1 heterocycles. The zero-order valence-electron chi connectivity index (χ0n) is 8.14. The number of methoxy groups -OCH3 is 1. The number of hydrogen-bond acceptors (Lipinski definition) is 3. The number of nitrogens with zero attached hydrogens (tertiary/aromatic N) is 1. The number of aromatic nitrogens is 1. The minimum atomic E-state index is 0. The Morgan fingerprint density at radius 3 is 2.64 bits per heavy atom. The Morgan fingerprint density at radius 1 is 1.50 bits per heavy atom. The first-order chi connectivity index (χ1) is 6.31. The molecule has 0 bridgehead atoms. The van der Waals surface area contributed by atoms with E-state index >= 15 is 0 Å². The van der Waals surface area contributed by atoms with E-state index in [0.29, 0.717) is 11.8 Å². The molecule has 0 aromatic carbocycles. The Morgan fingerprint density at radius 2 is 2.21 bits per heavy atom. The van der Waals surface area contributed by atoms with E-state index in [1.54, 1.807) is 7.11 Å². The number of ether oxygens (including phenoxy) is 1. The molecule has 1 aromatic rings. The van der Waals surface area contributed by atoms with Crippen molar-refractivity contribution < 1.29 is 4.74 Å². The van der Waals surface area contributed by atoms with Crippen molar-refractivity contribution in [2.75, 3.05) is 7.11 Å². The van der Waals surface area contributed by atoms with Crippen LogP contribution in [-0.4, -0.2) is 12.1 Å². The lowest BCUT2D eigenvalue weighted by Crippen LogP contribution is -2.12. The zero-order chi connectivity index (χ0) is 9.26. The minimum Gasteiger partial charge on any atom is -0.481 e. The summed E-state index contributed by atoms with van der Waals surface area (Å²) in [5, 5.41) is 0. The number of halogens is 1. The molecule has 0 saturated heterocycles. The van der Waals surface area contributed by atoms with E-state index in [-0.39, 0.29) is 18.4 Å². The second-order valence-electron chi connectivity index (χ2n) is 3.50. The molecule has 1 saturated carbocycles. The van der Waals surface area contributed by atoms with Crippen LogP contribution in [-0.2, 0) is 0 Å². The highest BCUT2D eigenvalue weighted by molar-refractivity contribution is 5.85. The second-order valence-corrected chi connectivity index (χ2v) is 3.50. The summed E-state index contributed by atoms with van der Waals surface area (Å²) in [5.74, 6) is 1.32. The topological polar surface area (TPSA) is 48.1 Å². The Labute approximate surface area is 90.1 Å². The summed E-state index contributed by atoms with van der Waals surface area (Å²) in [5.41, 5.74) is 7.13. The van der Waals surface area contributed by atoms with E-state index in [1.807, 2.05) is 18.3 Å². The van der Waals surface area contributed by atoms with Crippen molar-refractivity contribution >= 4 is 12.4 Å². The number of rotatable bonds is 3. The summed E-state index contributed by atoms with van der Waals surface area (Å²) in [7, 11) is 1.61. The monoisotopic (exact) mass is 214 g/mol. The second kappa shape index (κ2) is 4.62. The van der Waals surface area contributed by atoms with Gasteiger partial charge in [0.05, 0.1) is 7.11 Å². The van der Waals surface area contributed by atoms with Crippen molar-refractivity contribution in [1.82, 2.24) is 4.98 Å². The summed E-state index contributed by atoms with van der Waals surface area (Å²) in [6, 6.07) is 4.02. The lowest BCUT2D eigenvalue weighted by atomic mass is 10.1. The maximum Gasteiger partial charge on any atom is 0.212 e. The Balaban J connectivity index is 0.000000980. The lowest BCUT2D eigenvalue weighted by molar-refractivity contribution is 0.397. The molecule has 0 aliphatic heterocycles. The number of hydrogen-bond donors (Lipinski definition) is 1. The van der Waals surface area contributed by atoms with Gasteiger partial charge in [-0.1, -0.05) is 6.07 Å². The Hall–Kier alpha value is -0.800. The van der Waals surface area contributed by atoms with Crippen LogP contribution < -0.4 is 10.5 Å². The van der Waals surface area contributed by atoms with Crippen LogP contribution in [0, 0.1) is 5.92 Å². The SMILES string of the molecule is COc1ccc([C@@H](N)C2CC2)cn1.Cl. The van der Waals surface area contributed by atoms with Crippen LogP contribution >= 0.6 is 12.4 Å². The predicted molar refractivity (Wildman–Crippen MR) is 57.7 cm³/mol. The van der Waals surface area contributed by atoms with E-state index in [2.05, 4.69) is 4.98 Å². The first-order valence-corrected chi connectivity index (χ1v) is 4.57. The Kier molecular flexibility index (Phi) is 3.72. The van der Waals surface area contributed by atoms with Crippen LogP contribution in [0.3, 0.4) is 0 Å². The van der Waals surface area contributed by atoms with Gasteiger partial charge in [-0.3, -0.25) is 0 Å². The molecule has 3 nitrogen and oxygen atoms in total. The minimum absolute atomic E-state index is 0. The molecular weight excluding hydrogens is 200 g/mol. The fourth-order valence-electron chi connectivity index (χ4n) is 1.44. The Bertz CT molecular complexity index is 285. The van der Waals surface area contributed by atoms with Crippen LogP contribution in [0.25, 0.3) is 0 Å². The van der Waals surface area contributed by atoms with Gasteiger partial charge in [0.1, 0.15) is 0 Å². The predicted octanol–water partition coefficient (Wildman–Crippen LogP) is 1.92. The third kappa shape index (κ3) is 2.36. The fraction of sp³-hybridized carbons (Fsp3) is 0.500. The van der Waals surface area contributed by atoms with Crippen LogP contribution in [0.2, 0.25) is 0 Å². The van der Waals surface area contributed by atoms with Gasteiger partial charge in [-0.15, -0.1) is 12.4 Å². The lowest BCUT2D eigenvalue weighted by Gasteiger charge is -2.09. The average Bonchev–Trinajstić information content (AvgIpc) is 3.00. The van der Waals surface area contributed by atoms with Gasteiger partial charge in [0.15, 0.2) is 0 Å².